The predicted octanol–water partition coefficient (Wildman–Crippen LogP) is 2.07. The van der Waals surface area contributed by atoms with E-state index in [9.17, 15) is 4.79 Å². The third kappa shape index (κ3) is 2.56. The summed E-state index contributed by atoms with van der Waals surface area (Å²) in [5.74, 6) is -0.487. The second-order valence-corrected chi connectivity index (χ2v) is 6.03. The maximum atomic E-state index is 11.2. The van der Waals surface area contributed by atoms with Gasteiger partial charge >= 0.3 is 0 Å². The molecule has 5 heteroatoms. The zero-order valence-corrected chi connectivity index (χ0v) is 11.3. The SMILES string of the molecule is CSC1(CNc2ccc(N)c(C(N)=O)c2)CCC1. The van der Waals surface area contributed by atoms with E-state index in [2.05, 4.69) is 11.6 Å². The molecule has 1 aliphatic carbocycles. The third-order valence-electron chi connectivity index (χ3n) is 3.63. The quantitative estimate of drug-likeness (QED) is 0.712. The lowest BCUT2D eigenvalue weighted by atomic mass is 9.84. The van der Waals surface area contributed by atoms with Gasteiger partial charge in [0.05, 0.1) is 5.56 Å². The number of carbonyl (C=O) groups excluding carboxylic acids is 1. The molecule has 2 rings (SSSR count). The lowest BCUT2D eigenvalue weighted by Crippen LogP contribution is -2.40. The van der Waals surface area contributed by atoms with Gasteiger partial charge in [-0.15, -0.1) is 0 Å². The number of rotatable bonds is 5. The minimum absolute atomic E-state index is 0.355. The van der Waals surface area contributed by atoms with Crippen LogP contribution in [0, 0.1) is 0 Å². The highest BCUT2D eigenvalue weighted by atomic mass is 32.2. The van der Waals surface area contributed by atoms with Crippen molar-refractivity contribution in [2.75, 3.05) is 23.9 Å². The van der Waals surface area contributed by atoms with Gasteiger partial charge in [-0.05, 0) is 37.3 Å². The van der Waals surface area contributed by atoms with Gasteiger partial charge in [0.1, 0.15) is 0 Å². The van der Waals surface area contributed by atoms with Gasteiger partial charge in [-0.1, -0.05) is 6.42 Å². The van der Waals surface area contributed by atoms with E-state index in [1.54, 1.807) is 12.1 Å². The summed E-state index contributed by atoms with van der Waals surface area (Å²) in [6.07, 6.45) is 5.95. The molecular weight excluding hydrogens is 246 g/mol. The minimum atomic E-state index is -0.487. The molecule has 1 amide bonds. The first-order chi connectivity index (χ1) is 8.56. The summed E-state index contributed by atoms with van der Waals surface area (Å²) >= 11 is 1.91. The Morgan fingerprint density at radius 2 is 2.22 bits per heavy atom. The van der Waals surface area contributed by atoms with Gasteiger partial charge < -0.3 is 16.8 Å². The average molecular weight is 265 g/mol. The third-order valence-corrected chi connectivity index (χ3v) is 5.05. The molecule has 0 heterocycles. The zero-order valence-electron chi connectivity index (χ0n) is 10.5. The van der Waals surface area contributed by atoms with E-state index in [1.165, 1.54) is 19.3 Å². The molecule has 0 atom stereocenters. The fourth-order valence-corrected chi connectivity index (χ4v) is 3.08. The minimum Gasteiger partial charge on any atom is -0.398 e. The van der Waals surface area contributed by atoms with Crippen molar-refractivity contribution in [2.45, 2.75) is 24.0 Å². The fraction of sp³-hybridized carbons (Fsp3) is 0.462. The summed E-state index contributed by atoms with van der Waals surface area (Å²) in [5, 5.41) is 3.38. The molecule has 0 radical (unpaired) electrons. The number of anilines is 2. The van der Waals surface area contributed by atoms with Crippen molar-refractivity contribution >= 4 is 29.0 Å². The number of nitrogen functional groups attached to an aromatic ring is 1. The number of amides is 1. The van der Waals surface area contributed by atoms with Crippen LogP contribution < -0.4 is 16.8 Å². The van der Waals surface area contributed by atoms with Crippen molar-refractivity contribution < 1.29 is 4.79 Å². The number of nitrogens with two attached hydrogens (primary N) is 2. The van der Waals surface area contributed by atoms with Crippen molar-refractivity contribution in [3.05, 3.63) is 23.8 Å². The molecule has 4 nitrogen and oxygen atoms in total. The van der Waals surface area contributed by atoms with Crippen LogP contribution in [0.2, 0.25) is 0 Å². The van der Waals surface area contributed by atoms with Crippen LogP contribution in [0.5, 0.6) is 0 Å². The van der Waals surface area contributed by atoms with Crippen LogP contribution in [0.25, 0.3) is 0 Å². The van der Waals surface area contributed by atoms with E-state index >= 15 is 0 Å². The Balaban J connectivity index is 2.06. The monoisotopic (exact) mass is 265 g/mol. The van der Waals surface area contributed by atoms with Crippen molar-refractivity contribution in [1.82, 2.24) is 0 Å². The van der Waals surface area contributed by atoms with Crippen molar-refractivity contribution in [2.24, 2.45) is 5.73 Å². The topological polar surface area (TPSA) is 81.1 Å². The van der Waals surface area contributed by atoms with E-state index in [-0.39, 0.29) is 0 Å². The Hall–Kier alpha value is -1.36. The molecule has 1 fully saturated rings. The molecular formula is C13H19N3OS. The van der Waals surface area contributed by atoms with Gasteiger partial charge in [-0.25, -0.2) is 0 Å². The van der Waals surface area contributed by atoms with Gasteiger partial charge in [-0.3, -0.25) is 4.79 Å². The lowest BCUT2D eigenvalue weighted by Gasteiger charge is -2.40. The highest BCUT2D eigenvalue weighted by molar-refractivity contribution is 8.00. The van der Waals surface area contributed by atoms with Crippen LogP contribution in [-0.4, -0.2) is 23.5 Å². The number of hydrogen-bond acceptors (Lipinski definition) is 4. The van der Waals surface area contributed by atoms with Crippen molar-refractivity contribution in [3.63, 3.8) is 0 Å². The molecule has 0 aliphatic heterocycles. The van der Waals surface area contributed by atoms with E-state index in [0.29, 0.717) is 16.0 Å². The zero-order chi connectivity index (χ0) is 13.2. The standard InChI is InChI=1S/C13H19N3OS/c1-18-13(5-2-6-13)8-16-9-3-4-11(14)10(7-9)12(15)17/h3-4,7,16H,2,5-6,8,14H2,1H3,(H2,15,17). The molecule has 1 aromatic rings. The van der Waals surface area contributed by atoms with Crippen LogP contribution >= 0.6 is 11.8 Å². The van der Waals surface area contributed by atoms with E-state index in [1.807, 2.05) is 17.8 Å². The summed E-state index contributed by atoms with van der Waals surface area (Å²) in [6.45, 7) is 0.913. The Labute approximate surface area is 111 Å². The van der Waals surface area contributed by atoms with Gasteiger partial charge in [0.15, 0.2) is 0 Å². The van der Waals surface area contributed by atoms with Gasteiger partial charge in [0.25, 0.3) is 5.91 Å². The van der Waals surface area contributed by atoms with Crippen LogP contribution in [0.4, 0.5) is 11.4 Å². The van der Waals surface area contributed by atoms with Crippen LogP contribution in [0.3, 0.4) is 0 Å². The molecule has 0 aromatic heterocycles. The molecule has 0 saturated heterocycles. The van der Waals surface area contributed by atoms with Gasteiger partial charge in [0, 0.05) is 22.7 Å². The fourth-order valence-electron chi connectivity index (χ4n) is 2.17. The molecule has 5 N–H and O–H groups in total. The van der Waals surface area contributed by atoms with E-state index in [0.717, 1.165) is 12.2 Å². The lowest BCUT2D eigenvalue weighted by molar-refractivity contribution is 0.100. The van der Waals surface area contributed by atoms with Crippen LogP contribution in [0.1, 0.15) is 29.6 Å². The molecule has 1 aliphatic rings. The second kappa shape index (κ2) is 5.10. The first-order valence-corrected chi connectivity index (χ1v) is 7.27. The number of hydrogen-bond donors (Lipinski definition) is 3. The van der Waals surface area contributed by atoms with Crippen LogP contribution in [-0.2, 0) is 0 Å². The largest absolute Gasteiger partial charge is 0.398 e. The average Bonchev–Trinajstić information content (AvgIpc) is 2.30. The molecule has 98 valence electrons. The summed E-state index contributed by atoms with van der Waals surface area (Å²) in [6, 6.07) is 5.33. The second-order valence-electron chi connectivity index (χ2n) is 4.76. The summed E-state index contributed by atoms with van der Waals surface area (Å²) in [5.41, 5.74) is 12.7. The Bertz CT molecular complexity index is 452. The maximum Gasteiger partial charge on any atom is 0.250 e. The first kappa shape index (κ1) is 13.1. The number of thioether (sulfide) groups is 1. The highest BCUT2D eigenvalue weighted by Gasteiger charge is 2.35. The molecule has 0 unspecified atom stereocenters. The normalized spacial score (nSPS) is 16.9. The molecule has 1 saturated carbocycles. The number of carbonyl (C=O) groups is 1. The number of benzene rings is 1. The first-order valence-electron chi connectivity index (χ1n) is 6.05. The van der Waals surface area contributed by atoms with Crippen molar-refractivity contribution in [1.29, 1.82) is 0 Å². The van der Waals surface area contributed by atoms with E-state index in [4.69, 9.17) is 11.5 Å². The molecule has 0 bridgehead atoms. The summed E-state index contributed by atoms with van der Waals surface area (Å²) < 4.78 is 0.355. The van der Waals surface area contributed by atoms with Crippen molar-refractivity contribution in [3.8, 4) is 0 Å². The van der Waals surface area contributed by atoms with Gasteiger partial charge in [0.2, 0.25) is 0 Å². The molecule has 1 aromatic carbocycles. The van der Waals surface area contributed by atoms with E-state index < -0.39 is 5.91 Å². The smallest absolute Gasteiger partial charge is 0.250 e. The summed E-state index contributed by atoms with van der Waals surface area (Å²) in [7, 11) is 0. The predicted molar refractivity (Wildman–Crippen MR) is 78.0 cm³/mol. The Kier molecular flexibility index (Phi) is 3.71. The number of nitrogens with one attached hydrogen (secondary N) is 1. The Morgan fingerprint density at radius 1 is 1.50 bits per heavy atom. The maximum absolute atomic E-state index is 11.2. The molecule has 0 spiro atoms. The number of primary amides is 1. The van der Waals surface area contributed by atoms with Crippen LogP contribution in [0.15, 0.2) is 18.2 Å². The summed E-state index contributed by atoms with van der Waals surface area (Å²) in [4.78, 5) is 11.2. The van der Waals surface area contributed by atoms with Gasteiger partial charge in [-0.2, -0.15) is 11.8 Å². The highest BCUT2D eigenvalue weighted by Crippen LogP contribution is 2.42. The molecule has 18 heavy (non-hydrogen) atoms. The Morgan fingerprint density at radius 3 is 2.72 bits per heavy atom.